The first-order valence-corrected chi connectivity index (χ1v) is 3.96. The summed E-state index contributed by atoms with van der Waals surface area (Å²) in [4.78, 5) is 10.4. The molecule has 0 aliphatic carbocycles. The van der Waals surface area contributed by atoms with E-state index in [1.165, 1.54) is 0 Å². The van der Waals surface area contributed by atoms with Crippen LogP contribution in [0.3, 0.4) is 0 Å². The van der Waals surface area contributed by atoms with E-state index in [-0.39, 0.29) is 6.42 Å². The smallest absolute Gasteiger partial charge is 0.393 e. The van der Waals surface area contributed by atoms with Crippen molar-refractivity contribution in [2.24, 2.45) is 5.92 Å². The summed E-state index contributed by atoms with van der Waals surface area (Å²) in [6.07, 6.45) is -4.15. The van der Waals surface area contributed by atoms with E-state index in [2.05, 4.69) is 5.32 Å². The van der Waals surface area contributed by atoms with Crippen LogP contribution in [0, 0.1) is 5.92 Å². The van der Waals surface area contributed by atoms with Crippen molar-refractivity contribution in [2.45, 2.75) is 25.1 Å². The molecule has 3 nitrogen and oxygen atoms in total. The minimum atomic E-state index is -4.42. The Balaban J connectivity index is 2.73. The van der Waals surface area contributed by atoms with Crippen LogP contribution in [0.15, 0.2) is 0 Å². The molecule has 76 valence electrons. The summed E-state index contributed by atoms with van der Waals surface area (Å²) in [6.45, 7) is 0.337. The van der Waals surface area contributed by atoms with E-state index < -0.39 is 24.1 Å². The third-order valence-corrected chi connectivity index (χ3v) is 2.15. The number of alkyl halides is 3. The molecule has 0 aromatic carbocycles. The van der Waals surface area contributed by atoms with Crippen LogP contribution < -0.4 is 5.32 Å². The number of aliphatic carboxylic acids is 1. The van der Waals surface area contributed by atoms with Gasteiger partial charge in [0.1, 0.15) is 6.04 Å². The second kappa shape index (κ2) is 3.53. The predicted octanol–water partition coefficient (Wildman–Crippen LogP) is 1.00. The number of nitrogens with one attached hydrogen (secondary N) is 1. The van der Waals surface area contributed by atoms with Crippen LogP contribution in [-0.4, -0.2) is 29.8 Å². The van der Waals surface area contributed by atoms with Crippen molar-refractivity contribution in [2.75, 3.05) is 6.54 Å². The number of hydrogen-bond donors (Lipinski definition) is 2. The maximum absolute atomic E-state index is 12.2. The standard InChI is InChI=1S/C7H10F3NO2/c8-7(9,10)4-2-1-3-11-5(4)6(12)13/h4-5,11H,1-3H2,(H,12,13)/t4-,5+/m1/s1. The van der Waals surface area contributed by atoms with E-state index >= 15 is 0 Å². The van der Waals surface area contributed by atoms with Crippen molar-refractivity contribution < 1.29 is 23.1 Å². The Morgan fingerprint density at radius 1 is 1.46 bits per heavy atom. The lowest BCUT2D eigenvalue weighted by Gasteiger charge is -2.30. The predicted molar refractivity (Wildman–Crippen MR) is 38.2 cm³/mol. The molecule has 0 spiro atoms. The van der Waals surface area contributed by atoms with Gasteiger partial charge in [-0.25, -0.2) is 0 Å². The van der Waals surface area contributed by atoms with Crippen LogP contribution in [0.4, 0.5) is 13.2 Å². The summed E-state index contributed by atoms with van der Waals surface area (Å²) in [5.41, 5.74) is 0. The molecule has 0 radical (unpaired) electrons. The fourth-order valence-electron chi connectivity index (χ4n) is 1.50. The first kappa shape index (κ1) is 10.3. The number of piperidine rings is 1. The van der Waals surface area contributed by atoms with Crippen LogP contribution in [-0.2, 0) is 4.79 Å². The fraction of sp³-hybridized carbons (Fsp3) is 0.857. The molecule has 0 amide bonds. The van der Waals surface area contributed by atoms with E-state index in [9.17, 15) is 18.0 Å². The molecule has 2 N–H and O–H groups in total. The highest BCUT2D eigenvalue weighted by atomic mass is 19.4. The number of halogens is 3. The summed E-state index contributed by atoms with van der Waals surface area (Å²) < 4.78 is 36.7. The number of carboxylic acid groups (broad SMARTS) is 1. The number of rotatable bonds is 1. The Labute approximate surface area is 72.9 Å². The van der Waals surface area contributed by atoms with Gasteiger partial charge in [-0.15, -0.1) is 0 Å². The third kappa shape index (κ3) is 2.33. The molecule has 1 heterocycles. The second-order valence-corrected chi connectivity index (χ2v) is 3.06. The Morgan fingerprint density at radius 3 is 2.46 bits per heavy atom. The molecule has 0 unspecified atom stereocenters. The van der Waals surface area contributed by atoms with Gasteiger partial charge < -0.3 is 10.4 Å². The summed E-state index contributed by atoms with van der Waals surface area (Å²) >= 11 is 0. The van der Waals surface area contributed by atoms with Crippen LogP contribution in [0.5, 0.6) is 0 Å². The van der Waals surface area contributed by atoms with Gasteiger partial charge in [-0.05, 0) is 19.4 Å². The van der Waals surface area contributed by atoms with Crippen molar-refractivity contribution in [1.29, 1.82) is 0 Å². The van der Waals surface area contributed by atoms with E-state index in [0.717, 1.165) is 0 Å². The van der Waals surface area contributed by atoms with Crippen molar-refractivity contribution in [3.8, 4) is 0 Å². The van der Waals surface area contributed by atoms with Crippen molar-refractivity contribution in [1.82, 2.24) is 5.32 Å². The van der Waals surface area contributed by atoms with Crippen LogP contribution in [0.1, 0.15) is 12.8 Å². The lowest BCUT2D eigenvalue weighted by molar-refractivity contribution is -0.194. The van der Waals surface area contributed by atoms with Gasteiger partial charge in [-0.1, -0.05) is 0 Å². The maximum Gasteiger partial charge on any atom is 0.393 e. The lowest BCUT2D eigenvalue weighted by Crippen LogP contribution is -2.51. The second-order valence-electron chi connectivity index (χ2n) is 3.06. The molecule has 0 bridgehead atoms. The normalized spacial score (nSPS) is 30.1. The molecule has 1 aliphatic rings. The monoisotopic (exact) mass is 197 g/mol. The molecule has 6 heteroatoms. The summed E-state index contributed by atoms with van der Waals surface area (Å²) in [5.74, 6) is -3.18. The molecular formula is C7H10F3NO2. The molecule has 0 saturated carbocycles. The Morgan fingerprint density at radius 2 is 2.08 bits per heavy atom. The van der Waals surface area contributed by atoms with Gasteiger partial charge in [0, 0.05) is 0 Å². The van der Waals surface area contributed by atoms with E-state index in [0.29, 0.717) is 13.0 Å². The number of carbonyl (C=O) groups is 1. The highest BCUT2D eigenvalue weighted by Crippen LogP contribution is 2.34. The average molecular weight is 197 g/mol. The van der Waals surface area contributed by atoms with Gasteiger partial charge in [-0.2, -0.15) is 13.2 Å². The topological polar surface area (TPSA) is 49.3 Å². The highest BCUT2D eigenvalue weighted by molar-refractivity contribution is 5.74. The van der Waals surface area contributed by atoms with Crippen LogP contribution in [0.2, 0.25) is 0 Å². The third-order valence-electron chi connectivity index (χ3n) is 2.15. The zero-order chi connectivity index (χ0) is 10.1. The molecule has 1 saturated heterocycles. The SMILES string of the molecule is O=C(O)[C@H]1NCCC[C@H]1C(F)(F)F. The first-order chi connectivity index (χ1) is 5.93. The number of hydrogen-bond acceptors (Lipinski definition) is 2. The summed E-state index contributed by atoms with van der Waals surface area (Å²) in [6, 6.07) is -1.48. The molecule has 0 aromatic heterocycles. The van der Waals surface area contributed by atoms with Crippen LogP contribution in [0.25, 0.3) is 0 Å². The van der Waals surface area contributed by atoms with E-state index in [4.69, 9.17) is 5.11 Å². The number of carboxylic acids is 1. The molecule has 13 heavy (non-hydrogen) atoms. The minimum Gasteiger partial charge on any atom is -0.480 e. The quantitative estimate of drug-likeness (QED) is 0.659. The summed E-state index contributed by atoms with van der Waals surface area (Å²) in [5, 5.41) is 10.9. The Bertz CT molecular complexity index is 204. The van der Waals surface area contributed by atoms with E-state index in [1.54, 1.807) is 0 Å². The molecular weight excluding hydrogens is 187 g/mol. The van der Waals surface area contributed by atoms with Crippen molar-refractivity contribution in [3.63, 3.8) is 0 Å². The maximum atomic E-state index is 12.2. The van der Waals surface area contributed by atoms with Crippen molar-refractivity contribution in [3.05, 3.63) is 0 Å². The summed E-state index contributed by atoms with van der Waals surface area (Å²) in [7, 11) is 0. The Hall–Kier alpha value is -0.780. The molecule has 0 aromatic rings. The van der Waals surface area contributed by atoms with Gasteiger partial charge in [0.25, 0.3) is 0 Å². The van der Waals surface area contributed by atoms with Gasteiger partial charge in [0.2, 0.25) is 0 Å². The largest absolute Gasteiger partial charge is 0.480 e. The zero-order valence-corrected chi connectivity index (χ0v) is 6.77. The molecule has 1 rings (SSSR count). The molecule has 1 fully saturated rings. The molecule has 2 atom stereocenters. The van der Waals surface area contributed by atoms with Crippen LogP contribution >= 0.6 is 0 Å². The zero-order valence-electron chi connectivity index (χ0n) is 6.77. The highest BCUT2D eigenvalue weighted by Gasteiger charge is 2.48. The average Bonchev–Trinajstić information content (AvgIpc) is 2.03. The van der Waals surface area contributed by atoms with Gasteiger partial charge in [0.15, 0.2) is 0 Å². The lowest BCUT2D eigenvalue weighted by atomic mass is 9.90. The van der Waals surface area contributed by atoms with Gasteiger partial charge in [-0.3, -0.25) is 4.79 Å². The van der Waals surface area contributed by atoms with Gasteiger partial charge >= 0.3 is 12.1 Å². The van der Waals surface area contributed by atoms with Crippen molar-refractivity contribution >= 4 is 5.97 Å². The van der Waals surface area contributed by atoms with Gasteiger partial charge in [0.05, 0.1) is 5.92 Å². The Kier molecular flexibility index (Phi) is 2.80. The first-order valence-electron chi connectivity index (χ1n) is 3.96. The minimum absolute atomic E-state index is 0.104. The molecule has 1 aliphatic heterocycles. The van der Waals surface area contributed by atoms with E-state index in [1.807, 2.05) is 0 Å². The fourth-order valence-corrected chi connectivity index (χ4v) is 1.50.